The summed E-state index contributed by atoms with van der Waals surface area (Å²) in [4.78, 5) is 9.73. The molecular formula is C21H25FIN5O. The van der Waals surface area contributed by atoms with E-state index in [1.54, 1.807) is 22.8 Å². The third-order valence-corrected chi connectivity index (χ3v) is 12.2. The molecule has 0 amide bonds. The standard InChI is InChI=1S/C21H25FIN5O/c1-14-12-27-8-6-24-20-5-7-28-21(26-20)18(11-25-28)17-9-16(3-4-19(17)22)29-13-15(27)10-23(14)2/h3-5,7,9,11,14-15H,6,8,10,12-13H2,1-2H3,(H,24,26). The molecule has 0 saturated carbocycles. The first-order valence-corrected chi connectivity index (χ1v) is 14.8. The van der Waals surface area contributed by atoms with Crippen molar-refractivity contribution in [1.29, 1.82) is 0 Å². The van der Waals surface area contributed by atoms with Crippen molar-refractivity contribution in [3.63, 3.8) is 0 Å². The number of aromatic nitrogens is 3. The molecule has 4 heterocycles. The van der Waals surface area contributed by atoms with Gasteiger partial charge < -0.3 is 0 Å². The molecule has 2 aromatic heterocycles. The summed E-state index contributed by atoms with van der Waals surface area (Å²) in [5, 5.41) is 7.77. The summed E-state index contributed by atoms with van der Waals surface area (Å²) in [6.45, 7) is 5.94. The predicted octanol–water partition coefficient (Wildman–Crippen LogP) is 3.55. The van der Waals surface area contributed by atoms with Gasteiger partial charge in [0.25, 0.3) is 0 Å². The molecule has 2 unspecified atom stereocenters. The van der Waals surface area contributed by atoms with Crippen molar-refractivity contribution in [2.45, 2.75) is 16.9 Å². The van der Waals surface area contributed by atoms with Crippen molar-refractivity contribution in [2.24, 2.45) is 0 Å². The predicted molar refractivity (Wildman–Crippen MR) is 122 cm³/mol. The van der Waals surface area contributed by atoms with Gasteiger partial charge in [-0.2, -0.15) is 0 Å². The van der Waals surface area contributed by atoms with E-state index in [2.05, 4.69) is 27.2 Å². The maximum atomic E-state index is 14.7. The van der Waals surface area contributed by atoms with Crippen LogP contribution in [-0.2, 0) is 0 Å². The van der Waals surface area contributed by atoms with Gasteiger partial charge in [-0.3, -0.25) is 0 Å². The molecular weight excluding hydrogens is 484 g/mol. The molecule has 2 atom stereocenters. The Labute approximate surface area is 176 Å². The first-order valence-electron chi connectivity index (χ1n) is 9.88. The maximum absolute atomic E-state index is 14.7. The molecule has 4 bridgehead atoms. The molecule has 3 aromatic rings. The van der Waals surface area contributed by atoms with Gasteiger partial charge in [-0.1, -0.05) is 0 Å². The van der Waals surface area contributed by atoms with E-state index in [4.69, 9.17) is 9.72 Å². The number of hydrogen-bond donors (Lipinski definition) is 1. The van der Waals surface area contributed by atoms with E-state index in [9.17, 15) is 4.39 Å². The Balaban J connectivity index is 1.56. The summed E-state index contributed by atoms with van der Waals surface area (Å²) < 4.78 is 24.6. The molecule has 2 aliphatic rings. The number of rotatable bonds is 0. The Hall–Kier alpha value is -1.94. The molecule has 154 valence electrons. The fraction of sp³-hybridized carbons (Fsp3) is 0.429. The molecule has 0 aliphatic carbocycles. The SMILES string of the molecule is CC1CN2CCNc3ccn4ncc(c4n3)-c3cc(ccc3F)OCC2CI1C. The second-order valence-electron chi connectivity index (χ2n) is 7.74. The van der Waals surface area contributed by atoms with Gasteiger partial charge in [-0.15, -0.1) is 0 Å². The summed E-state index contributed by atoms with van der Waals surface area (Å²) in [6, 6.07) is 7.30. The number of nitrogens with zero attached hydrogens (tertiary/aromatic N) is 4. The van der Waals surface area contributed by atoms with Gasteiger partial charge in [0.1, 0.15) is 0 Å². The zero-order chi connectivity index (χ0) is 20.0. The summed E-state index contributed by atoms with van der Waals surface area (Å²) in [5.41, 5.74) is 1.77. The molecule has 1 N–H and O–H groups in total. The molecule has 1 saturated heterocycles. The monoisotopic (exact) mass is 509 g/mol. The Morgan fingerprint density at radius 3 is 3.07 bits per heavy atom. The van der Waals surface area contributed by atoms with Crippen LogP contribution in [-0.4, -0.2) is 65.1 Å². The van der Waals surface area contributed by atoms with Crippen molar-refractivity contribution in [3.8, 4) is 16.9 Å². The van der Waals surface area contributed by atoms with E-state index >= 15 is 0 Å². The quantitative estimate of drug-likeness (QED) is 0.371. The van der Waals surface area contributed by atoms with Gasteiger partial charge in [0.2, 0.25) is 0 Å². The number of benzene rings is 1. The zero-order valence-corrected chi connectivity index (χ0v) is 18.8. The van der Waals surface area contributed by atoms with Crippen molar-refractivity contribution >= 4 is 31.3 Å². The minimum absolute atomic E-state index is 0.297. The normalized spacial score (nSPS) is 23.9. The van der Waals surface area contributed by atoms with Crippen LogP contribution in [0, 0.1) is 5.82 Å². The summed E-state index contributed by atoms with van der Waals surface area (Å²) in [7, 11) is 0. The summed E-state index contributed by atoms with van der Waals surface area (Å²) in [6.07, 6.45) is 3.52. The Morgan fingerprint density at radius 2 is 2.17 bits per heavy atom. The van der Waals surface area contributed by atoms with E-state index in [0.717, 1.165) is 29.4 Å². The summed E-state index contributed by atoms with van der Waals surface area (Å²) in [5.74, 6) is 1.19. The average molecular weight is 509 g/mol. The third kappa shape index (κ3) is 3.68. The molecule has 5 rings (SSSR count). The number of nitrogens with one attached hydrogen (secondary N) is 1. The van der Waals surface area contributed by atoms with E-state index < -0.39 is 19.8 Å². The molecule has 0 radical (unpaired) electrons. The van der Waals surface area contributed by atoms with Crippen LogP contribution in [0.15, 0.2) is 36.7 Å². The van der Waals surface area contributed by atoms with Gasteiger partial charge in [-0.25, -0.2) is 0 Å². The number of halogens is 2. The third-order valence-electron chi connectivity index (χ3n) is 5.80. The molecule has 6 nitrogen and oxygen atoms in total. The Kier molecular flexibility index (Phi) is 5.07. The average Bonchev–Trinajstić information content (AvgIpc) is 3.13. The van der Waals surface area contributed by atoms with Crippen LogP contribution in [0.1, 0.15) is 6.92 Å². The number of ether oxygens (including phenoxy) is 1. The van der Waals surface area contributed by atoms with Gasteiger partial charge in [-0.05, 0) is 0 Å². The van der Waals surface area contributed by atoms with Crippen molar-refractivity contribution < 1.29 is 9.13 Å². The van der Waals surface area contributed by atoms with Crippen LogP contribution < -0.4 is 10.1 Å². The van der Waals surface area contributed by atoms with Gasteiger partial charge in [0, 0.05) is 0 Å². The fourth-order valence-electron chi connectivity index (χ4n) is 4.02. The summed E-state index contributed by atoms with van der Waals surface area (Å²) >= 11 is -0.941. The number of fused-ring (bicyclic) bond motifs is 5. The van der Waals surface area contributed by atoms with E-state index in [-0.39, 0.29) is 5.82 Å². The molecule has 1 fully saturated rings. The first-order chi connectivity index (χ1) is 14.1. The van der Waals surface area contributed by atoms with Crippen molar-refractivity contribution in [3.05, 3.63) is 42.5 Å². The van der Waals surface area contributed by atoms with Crippen LogP contribution >= 0.6 is 19.8 Å². The Bertz CT molecular complexity index is 1040. The van der Waals surface area contributed by atoms with Gasteiger partial charge >= 0.3 is 177 Å². The topological polar surface area (TPSA) is 54.7 Å². The molecule has 29 heavy (non-hydrogen) atoms. The van der Waals surface area contributed by atoms with E-state index in [0.29, 0.717) is 35.2 Å². The zero-order valence-electron chi connectivity index (χ0n) is 16.6. The van der Waals surface area contributed by atoms with Crippen LogP contribution in [0.3, 0.4) is 0 Å². The van der Waals surface area contributed by atoms with E-state index in [1.807, 2.05) is 12.3 Å². The van der Waals surface area contributed by atoms with Crippen molar-refractivity contribution in [2.75, 3.05) is 40.9 Å². The van der Waals surface area contributed by atoms with Gasteiger partial charge in [0.15, 0.2) is 0 Å². The molecule has 1 aromatic carbocycles. The van der Waals surface area contributed by atoms with Crippen LogP contribution in [0.5, 0.6) is 5.75 Å². The minimum atomic E-state index is -0.941. The molecule has 8 heteroatoms. The second kappa shape index (κ2) is 7.71. The Morgan fingerprint density at radius 1 is 1.28 bits per heavy atom. The van der Waals surface area contributed by atoms with Crippen LogP contribution in [0.25, 0.3) is 16.8 Å². The van der Waals surface area contributed by atoms with E-state index in [1.165, 1.54) is 10.5 Å². The van der Waals surface area contributed by atoms with Gasteiger partial charge in [0.05, 0.1) is 0 Å². The number of hydrogen-bond acceptors (Lipinski definition) is 5. The van der Waals surface area contributed by atoms with Crippen LogP contribution in [0.4, 0.5) is 10.2 Å². The van der Waals surface area contributed by atoms with Crippen LogP contribution in [0.2, 0.25) is 0 Å². The fourth-order valence-corrected chi connectivity index (χ4v) is 8.48. The number of alkyl halides is 3. The molecule has 0 spiro atoms. The number of anilines is 1. The van der Waals surface area contributed by atoms with Crippen molar-refractivity contribution in [1.82, 2.24) is 19.5 Å². The second-order valence-corrected chi connectivity index (χ2v) is 14.4. The molecule has 2 aliphatic heterocycles. The first kappa shape index (κ1) is 19.0.